The summed E-state index contributed by atoms with van der Waals surface area (Å²) in [6.45, 7) is 1.43. The molecule has 1 aromatic carbocycles. The summed E-state index contributed by atoms with van der Waals surface area (Å²) in [4.78, 5) is 64.3. The van der Waals surface area contributed by atoms with Crippen molar-refractivity contribution in [2.45, 2.75) is 44.2 Å². The number of ether oxygens (including phenoxy) is 1. The van der Waals surface area contributed by atoms with Gasteiger partial charge in [-0.15, -0.1) is 0 Å². The lowest BCUT2D eigenvalue weighted by molar-refractivity contribution is -0.386. The van der Waals surface area contributed by atoms with Gasteiger partial charge in [0.05, 0.1) is 12.0 Å². The Morgan fingerprint density at radius 2 is 1.87 bits per heavy atom. The molecule has 2 bridgehead atoms. The summed E-state index contributed by atoms with van der Waals surface area (Å²) in [6.07, 6.45) is 1.63. The van der Waals surface area contributed by atoms with Crippen molar-refractivity contribution in [3.8, 4) is 5.75 Å². The number of imide groups is 1. The molecule has 1 unspecified atom stereocenters. The van der Waals surface area contributed by atoms with Crippen molar-refractivity contribution in [2.24, 2.45) is 5.92 Å². The number of urea groups is 1. The fourth-order valence-corrected chi connectivity index (χ4v) is 5.72. The van der Waals surface area contributed by atoms with Gasteiger partial charge in [-0.1, -0.05) is 12.1 Å². The third-order valence-corrected chi connectivity index (χ3v) is 7.67. The second-order valence-electron chi connectivity index (χ2n) is 10.0. The minimum atomic E-state index is -0.744. The van der Waals surface area contributed by atoms with Crippen LogP contribution in [0.5, 0.6) is 5.75 Å². The van der Waals surface area contributed by atoms with Crippen LogP contribution in [-0.2, 0) is 22.6 Å². The number of pyridine rings is 1. The zero-order chi connectivity index (χ0) is 27.0. The Hall–Kier alpha value is -4.22. The first-order valence-electron chi connectivity index (χ1n) is 12.7. The average molecular weight is 524 g/mol. The van der Waals surface area contributed by atoms with E-state index in [4.69, 9.17) is 4.74 Å². The first kappa shape index (κ1) is 25.4. The Bertz CT molecular complexity index is 1340. The van der Waals surface area contributed by atoms with Crippen LogP contribution in [0.4, 0.5) is 10.5 Å². The average Bonchev–Trinajstić information content (AvgIpc) is 3.18. The normalized spacial score (nSPS) is 22.2. The van der Waals surface area contributed by atoms with E-state index in [0.29, 0.717) is 31.7 Å². The van der Waals surface area contributed by atoms with Crippen molar-refractivity contribution in [1.29, 1.82) is 0 Å². The highest BCUT2D eigenvalue weighted by Crippen LogP contribution is 2.36. The van der Waals surface area contributed by atoms with Crippen LogP contribution in [-0.4, -0.2) is 69.9 Å². The Labute approximate surface area is 218 Å². The van der Waals surface area contributed by atoms with Gasteiger partial charge in [0.15, 0.2) is 0 Å². The van der Waals surface area contributed by atoms with Crippen LogP contribution in [0, 0.1) is 16.0 Å². The molecule has 12 heteroatoms. The SMILES string of the molecule is COc1ccc(CCN2C(=O)NC(CCC(=O)N3C[C@H]4C[C@@H](C3)c3ccc([N+](=O)[O-])c(=O)n3C4)C2=O)cc1. The van der Waals surface area contributed by atoms with Crippen LogP contribution in [0.15, 0.2) is 41.2 Å². The lowest BCUT2D eigenvalue weighted by atomic mass is 9.83. The number of nitrogens with one attached hydrogen (secondary N) is 1. The predicted octanol–water partition coefficient (Wildman–Crippen LogP) is 1.65. The number of aromatic nitrogens is 1. The van der Waals surface area contributed by atoms with E-state index in [1.54, 1.807) is 18.1 Å². The molecule has 1 N–H and O–H groups in total. The maximum atomic E-state index is 13.1. The Kier molecular flexibility index (Phi) is 6.87. The minimum Gasteiger partial charge on any atom is -0.497 e. The first-order valence-corrected chi connectivity index (χ1v) is 12.7. The Morgan fingerprint density at radius 1 is 1.11 bits per heavy atom. The van der Waals surface area contributed by atoms with E-state index in [-0.39, 0.29) is 43.0 Å². The van der Waals surface area contributed by atoms with Gasteiger partial charge in [0.2, 0.25) is 5.91 Å². The van der Waals surface area contributed by atoms with Crippen LogP contribution < -0.4 is 15.6 Å². The first-order chi connectivity index (χ1) is 18.2. The molecule has 4 amide bonds. The number of methoxy groups -OCH3 is 1. The third-order valence-electron chi connectivity index (χ3n) is 7.67. The molecule has 0 aliphatic carbocycles. The maximum absolute atomic E-state index is 13.1. The summed E-state index contributed by atoms with van der Waals surface area (Å²) < 4.78 is 6.62. The number of rotatable bonds is 8. The summed E-state index contributed by atoms with van der Waals surface area (Å²) in [7, 11) is 1.58. The molecular formula is C26H29N5O7. The quantitative estimate of drug-likeness (QED) is 0.315. The molecule has 0 radical (unpaired) electrons. The molecule has 12 nitrogen and oxygen atoms in total. The lowest BCUT2D eigenvalue weighted by Crippen LogP contribution is -2.49. The molecule has 0 spiro atoms. The van der Waals surface area contributed by atoms with Gasteiger partial charge in [0.25, 0.3) is 5.91 Å². The van der Waals surface area contributed by atoms with Gasteiger partial charge in [0.1, 0.15) is 11.8 Å². The smallest absolute Gasteiger partial charge is 0.334 e. The van der Waals surface area contributed by atoms with Crippen molar-refractivity contribution in [1.82, 2.24) is 19.7 Å². The zero-order valence-electron chi connectivity index (χ0n) is 21.0. The van der Waals surface area contributed by atoms with Gasteiger partial charge in [0, 0.05) is 50.3 Å². The number of nitro groups is 1. The van der Waals surface area contributed by atoms with Gasteiger partial charge in [-0.05, 0) is 48.9 Å². The van der Waals surface area contributed by atoms with Crippen molar-refractivity contribution in [3.63, 3.8) is 0 Å². The number of hydrogen-bond acceptors (Lipinski definition) is 7. The van der Waals surface area contributed by atoms with E-state index in [0.717, 1.165) is 17.7 Å². The fourth-order valence-electron chi connectivity index (χ4n) is 5.72. The monoisotopic (exact) mass is 523 g/mol. The number of hydrogen-bond donors (Lipinski definition) is 1. The second kappa shape index (κ2) is 10.3. The molecule has 4 heterocycles. The number of fused-ring (bicyclic) bond motifs is 4. The van der Waals surface area contributed by atoms with Gasteiger partial charge in [-0.25, -0.2) is 4.79 Å². The summed E-state index contributed by atoms with van der Waals surface area (Å²) in [5, 5.41) is 13.8. The number of piperidine rings is 1. The topological polar surface area (TPSA) is 144 Å². The predicted molar refractivity (Wildman–Crippen MR) is 135 cm³/mol. The summed E-state index contributed by atoms with van der Waals surface area (Å²) in [5.41, 5.74) is 0.635. The van der Waals surface area contributed by atoms with E-state index in [1.165, 1.54) is 15.5 Å². The van der Waals surface area contributed by atoms with E-state index in [1.807, 2.05) is 24.3 Å². The molecule has 3 atom stereocenters. The van der Waals surface area contributed by atoms with Crippen LogP contribution in [0.25, 0.3) is 0 Å². The standard InChI is InChI=1S/C26H29N5O7/c1-38-19-4-2-16(3-5-19)10-11-29-24(33)20(27-26(29)35)6-9-23(32)28-13-17-12-18(15-28)21-7-8-22(31(36)37)25(34)30(21)14-17/h2-5,7-8,17-18,20H,6,9-15H2,1H3,(H,27,35)/t17-,18+,20?/m1/s1. The summed E-state index contributed by atoms with van der Waals surface area (Å²) >= 11 is 0. The number of likely N-dealkylation sites (tertiary alicyclic amines) is 1. The van der Waals surface area contributed by atoms with Crippen molar-refractivity contribution < 1.29 is 24.0 Å². The largest absolute Gasteiger partial charge is 0.497 e. The minimum absolute atomic E-state index is 0.0196. The van der Waals surface area contributed by atoms with E-state index in [9.17, 15) is 29.3 Å². The maximum Gasteiger partial charge on any atom is 0.334 e. The molecular weight excluding hydrogens is 494 g/mol. The van der Waals surface area contributed by atoms with Crippen LogP contribution >= 0.6 is 0 Å². The lowest BCUT2D eigenvalue weighted by Gasteiger charge is -2.42. The summed E-state index contributed by atoms with van der Waals surface area (Å²) in [5.74, 6) is 0.221. The number of carbonyl (C=O) groups excluding carboxylic acids is 3. The highest BCUT2D eigenvalue weighted by atomic mass is 16.6. The van der Waals surface area contributed by atoms with Crippen LogP contribution in [0.3, 0.4) is 0 Å². The number of benzene rings is 1. The second-order valence-corrected chi connectivity index (χ2v) is 10.0. The molecule has 2 fully saturated rings. The number of nitrogens with zero attached hydrogens (tertiary/aromatic N) is 4. The highest BCUT2D eigenvalue weighted by molar-refractivity contribution is 6.04. The number of amides is 4. The third kappa shape index (κ3) is 4.85. The molecule has 2 aromatic rings. The van der Waals surface area contributed by atoms with E-state index >= 15 is 0 Å². The molecule has 38 heavy (non-hydrogen) atoms. The van der Waals surface area contributed by atoms with E-state index < -0.39 is 28.2 Å². The van der Waals surface area contributed by atoms with E-state index in [2.05, 4.69) is 5.32 Å². The molecule has 0 saturated carbocycles. The van der Waals surface area contributed by atoms with Crippen molar-refractivity contribution in [3.05, 3.63) is 68.1 Å². The Morgan fingerprint density at radius 3 is 2.58 bits per heavy atom. The summed E-state index contributed by atoms with van der Waals surface area (Å²) in [6, 6.07) is 9.08. The van der Waals surface area contributed by atoms with Gasteiger partial charge < -0.3 is 19.5 Å². The van der Waals surface area contributed by atoms with Crippen molar-refractivity contribution in [2.75, 3.05) is 26.7 Å². The van der Waals surface area contributed by atoms with Crippen LogP contribution in [0.1, 0.15) is 36.4 Å². The van der Waals surface area contributed by atoms with Crippen molar-refractivity contribution >= 4 is 23.5 Å². The molecule has 3 aliphatic rings. The molecule has 1 aromatic heterocycles. The molecule has 3 aliphatic heterocycles. The Balaban J connectivity index is 1.16. The molecule has 200 valence electrons. The molecule has 2 saturated heterocycles. The fraction of sp³-hybridized carbons (Fsp3) is 0.462. The van der Waals surface area contributed by atoms with Gasteiger partial charge in [-0.2, -0.15) is 0 Å². The zero-order valence-corrected chi connectivity index (χ0v) is 21.0. The highest BCUT2D eigenvalue weighted by Gasteiger charge is 2.40. The van der Waals surface area contributed by atoms with Gasteiger partial charge in [-0.3, -0.25) is 29.4 Å². The number of carbonyl (C=O) groups is 3. The van der Waals surface area contributed by atoms with Crippen LogP contribution in [0.2, 0.25) is 0 Å². The van der Waals surface area contributed by atoms with Gasteiger partial charge >= 0.3 is 17.3 Å². The molecule has 5 rings (SSSR count).